The first-order valence-electron chi connectivity index (χ1n) is 13.4. The average molecular weight is 546 g/mol. The zero-order valence-electron chi connectivity index (χ0n) is 22.2. The molecular weight excluding hydrogens is 511 g/mol. The number of likely N-dealkylation sites (tertiary alicyclic amines) is 1. The van der Waals surface area contributed by atoms with Crippen LogP contribution >= 0.6 is 23.2 Å². The zero-order chi connectivity index (χ0) is 26.8. The van der Waals surface area contributed by atoms with E-state index in [0.29, 0.717) is 28.1 Å². The predicted molar refractivity (Wildman–Crippen MR) is 159 cm³/mol. The molecule has 0 spiro atoms. The molecule has 1 unspecified atom stereocenters. The molecule has 0 bridgehead atoms. The summed E-state index contributed by atoms with van der Waals surface area (Å²) < 4.78 is 0. The number of benzene rings is 4. The maximum absolute atomic E-state index is 12.4. The Morgan fingerprint density at radius 3 is 2.32 bits per heavy atom. The molecule has 3 atom stereocenters. The van der Waals surface area contributed by atoms with E-state index in [1.54, 1.807) is 6.07 Å². The van der Waals surface area contributed by atoms with Gasteiger partial charge < -0.3 is 5.32 Å². The number of fused-ring (bicyclic) bond motifs is 1. The number of amides is 1. The fraction of sp³-hybridized carbons (Fsp3) is 0.303. The van der Waals surface area contributed by atoms with Crippen molar-refractivity contribution in [2.24, 2.45) is 0 Å². The van der Waals surface area contributed by atoms with Crippen molar-refractivity contribution in [1.82, 2.24) is 10.2 Å². The molecule has 4 aromatic rings. The summed E-state index contributed by atoms with van der Waals surface area (Å²) in [5.74, 6) is 0.292. The minimum absolute atomic E-state index is 0.0191. The lowest BCUT2D eigenvalue weighted by Crippen LogP contribution is -2.27. The van der Waals surface area contributed by atoms with Crippen molar-refractivity contribution in [1.29, 1.82) is 0 Å². The normalized spacial score (nSPS) is 18.6. The minimum atomic E-state index is -0.0191. The van der Waals surface area contributed by atoms with Crippen LogP contribution in [0.1, 0.15) is 77.3 Å². The Kier molecular flexibility index (Phi) is 8.09. The molecular formula is C33H34Cl2N2O. The highest BCUT2D eigenvalue weighted by molar-refractivity contribution is 6.34. The molecule has 1 aliphatic heterocycles. The summed E-state index contributed by atoms with van der Waals surface area (Å²) >= 11 is 12.8. The van der Waals surface area contributed by atoms with E-state index in [1.807, 2.05) is 12.1 Å². The molecule has 4 aromatic carbocycles. The van der Waals surface area contributed by atoms with Crippen LogP contribution in [0.3, 0.4) is 0 Å². The Balaban J connectivity index is 1.47. The van der Waals surface area contributed by atoms with Gasteiger partial charge in [-0.25, -0.2) is 0 Å². The molecule has 1 N–H and O–H groups in total. The van der Waals surface area contributed by atoms with Gasteiger partial charge in [0.25, 0.3) is 5.91 Å². The topological polar surface area (TPSA) is 32.3 Å². The molecule has 1 amide bonds. The van der Waals surface area contributed by atoms with E-state index in [-0.39, 0.29) is 18.0 Å². The van der Waals surface area contributed by atoms with Gasteiger partial charge in [-0.3, -0.25) is 9.69 Å². The van der Waals surface area contributed by atoms with E-state index >= 15 is 0 Å². The standard InChI is InChI=1S/C33H34Cl2N2O/c1-4-13-36-33(38)24-9-7-23(8-10-24)22(3)37-20-29(28-16-30(34)19-31(35)17-28)18-32(37)27-12-11-25-14-21(2)5-6-26(25)15-27/h5-12,14-17,19,22,29,32H,4,13,18,20H2,1-3H3,(H,36,38)/t22?,29-,32+/m0/s1. The predicted octanol–water partition coefficient (Wildman–Crippen LogP) is 8.89. The second-order valence-electron chi connectivity index (χ2n) is 10.5. The zero-order valence-corrected chi connectivity index (χ0v) is 23.7. The van der Waals surface area contributed by atoms with Gasteiger partial charge in [0.05, 0.1) is 0 Å². The maximum atomic E-state index is 12.4. The van der Waals surface area contributed by atoms with Crippen LogP contribution in [0, 0.1) is 6.92 Å². The summed E-state index contributed by atoms with van der Waals surface area (Å²) in [5.41, 5.74) is 5.67. The molecule has 1 heterocycles. The fourth-order valence-electron chi connectivity index (χ4n) is 5.71. The number of hydrogen-bond donors (Lipinski definition) is 1. The molecule has 0 aromatic heterocycles. The lowest BCUT2D eigenvalue weighted by molar-refractivity contribution is 0.0953. The first-order chi connectivity index (χ1) is 18.3. The molecule has 196 valence electrons. The van der Waals surface area contributed by atoms with E-state index in [0.717, 1.165) is 19.4 Å². The van der Waals surface area contributed by atoms with Gasteiger partial charge in [-0.2, -0.15) is 0 Å². The molecule has 0 radical (unpaired) electrons. The Labute approximate surface area is 235 Å². The third-order valence-corrected chi connectivity index (χ3v) is 8.22. The maximum Gasteiger partial charge on any atom is 0.251 e. The van der Waals surface area contributed by atoms with Gasteiger partial charge in [0.15, 0.2) is 0 Å². The smallest absolute Gasteiger partial charge is 0.251 e. The minimum Gasteiger partial charge on any atom is -0.352 e. The van der Waals surface area contributed by atoms with Crippen molar-refractivity contribution in [2.75, 3.05) is 13.1 Å². The molecule has 0 saturated carbocycles. The summed E-state index contributed by atoms with van der Waals surface area (Å²) in [6, 6.07) is 27.9. The van der Waals surface area contributed by atoms with Gasteiger partial charge in [-0.15, -0.1) is 0 Å². The summed E-state index contributed by atoms with van der Waals surface area (Å²) in [7, 11) is 0. The highest BCUT2D eigenvalue weighted by Crippen LogP contribution is 2.46. The van der Waals surface area contributed by atoms with E-state index in [4.69, 9.17) is 23.2 Å². The Hall–Kier alpha value is -2.85. The molecule has 5 heteroatoms. The highest BCUT2D eigenvalue weighted by Gasteiger charge is 2.37. The van der Waals surface area contributed by atoms with Gasteiger partial charge >= 0.3 is 0 Å². The second-order valence-corrected chi connectivity index (χ2v) is 11.4. The quantitative estimate of drug-likeness (QED) is 0.252. The van der Waals surface area contributed by atoms with Crippen LogP contribution < -0.4 is 5.32 Å². The Morgan fingerprint density at radius 2 is 1.61 bits per heavy atom. The second kappa shape index (κ2) is 11.5. The first-order valence-corrected chi connectivity index (χ1v) is 14.2. The summed E-state index contributed by atoms with van der Waals surface area (Å²) in [6.07, 6.45) is 1.90. The number of halogens is 2. The largest absolute Gasteiger partial charge is 0.352 e. The highest BCUT2D eigenvalue weighted by atomic mass is 35.5. The molecule has 0 aliphatic carbocycles. The lowest BCUT2D eigenvalue weighted by atomic mass is 9.92. The van der Waals surface area contributed by atoms with Crippen molar-refractivity contribution < 1.29 is 4.79 Å². The van der Waals surface area contributed by atoms with Gasteiger partial charge in [0.1, 0.15) is 0 Å². The van der Waals surface area contributed by atoms with Crippen LogP contribution in [0.5, 0.6) is 0 Å². The van der Waals surface area contributed by atoms with Crippen LogP contribution in [0.4, 0.5) is 0 Å². The average Bonchev–Trinajstić information content (AvgIpc) is 3.36. The number of rotatable bonds is 7. The van der Waals surface area contributed by atoms with E-state index in [2.05, 4.69) is 91.7 Å². The van der Waals surface area contributed by atoms with Gasteiger partial charge in [0.2, 0.25) is 0 Å². The van der Waals surface area contributed by atoms with E-state index in [9.17, 15) is 4.79 Å². The van der Waals surface area contributed by atoms with Crippen LogP contribution in [0.2, 0.25) is 10.0 Å². The molecule has 1 aliphatic rings. The monoisotopic (exact) mass is 544 g/mol. The van der Waals surface area contributed by atoms with Crippen molar-refractivity contribution in [3.05, 3.63) is 117 Å². The molecule has 1 saturated heterocycles. The number of nitrogens with one attached hydrogen (secondary N) is 1. The third-order valence-electron chi connectivity index (χ3n) is 7.79. The molecule has 38 heavy (non-hydrogen) atoms. The summed E-state index contributed by atoms with van der Waals surface area (Å²) in [5, 5.41) is 6.84. The number of nitrogens with zero attached hydrogens (tertiary/aromatic N) is 1. The Morgan fingerprint density at radius 1 is 0.921 bits per heavy atom. The van der Waals surface area contributed by atoms with Crippen LogP contribution in [-0.2, 0) is 0 Å². The van der Waals surface area contributed by atoms with Crippen LogP contribution in [0.15, 0.2) is 78.9 Å². The first kappa shape index (κ1) is 26.7. The van der Waals surface area contributed by atoms with Crippen molar-refractivity contribution in [3.8, 4) is 0 Å². The fourth-order valence-corrected chi connectivity index (χ4v) is 6.25. The van der Waals surface area contributed by atoms with E-state index in [1.165, 1.54) is 33.0 Å². The van der Waals surface area contributed by atoms with Crippen molar-refractivity contribution in [2.45, 2.75) is 51.6 Å². The Bertz CT molecular complexity index is 1430. The number of carbonyl (C=O) groups is 1. The summed E-state index contributed by atoms with van der Waals surface area (Å²) in [6.45, 7) is 8.03. The molecule has 5 rings (SSSR count). The van der Waals surface area contributed by atoms with Gasteiger partial charge in [0, 0.05) is 40.8 Å². The van der Waals surface area contributed by atoms with Crippen molar-refractivity contribution in [3.63, 3.8) is 0 Å². The SMILES string of the molecule is CCCNC(=O)c1ccc(C(C)N2C[C@@H](c3cc(Cl)cc(Cl)c3)C[C@@H]2c2ccc3cc(C)ccc3c2)cc1. The number of aryl methyl sites for hydroxylation is 1. The van der Waals surface area contributed by atoms with E-state index < -0.39 is 0 Å². The van der Waals surface area contributed by atoms with Gasteiger partial charge in [-0.05, 0) is 96.5 Å². The van der Waals surface area contributed by atoms with Crippen LogP contribution in [-0.4, -0.2) is 23.9 Å². The van der Waals surface area contributed by atoms with Crippen LogP contribution in [0.25, 0.3) is 10.8 Å². The third kappa shape index (κ3) is 5.76. The number of carbonyl (C=O) groups excluding carboxylic acids is 1. The lowest BCUT2D eigenvalue weighted by Gasteiger charge is -2.31. The molecule has 1 fully saturated rings. The van der Waals surface area contributed by atoms with Crippen molar-refractivity contribution >= 4 is 39.9 Å². The summed E-state index contributed by atoms with van der Waals surface area (Å²) in [4.78, 5) is 15.0. The molecule has 3 nitrogen and oxygen atoms in total. The number of hydrogen-bond acceptors (Lipinski definition) is 2. The van der Waals surface area contributed by atoms with Gasteiger partial charge in [-0.1, -0.05) is 78.2 Å².